The van der Waals surface area contributed by atoms with Crippen molar-refractivity contribution in [2.75, 3.05) is 31.1 Å². The molecule has 0 saturated carbocycles. The average molecular weight is 517 g/mol. The predicted octanol–water partition coefficient (Wildman–Crippen LogP) is 4.21. The van der Waals surface area contributed by atoms with Crippen molar-refractivity contribution >= 4 is 50.5 Å². The summed E-state index contributed by atoms with van der Waals surface area (Å²) in [4.78, 5) is 26.3. The summed E-state index contributed by atoms with van der Waals surface area (Å²) >= 11 is 8.60. The van der Waals surface area contributed by atoms with Crippen molar-refractivity contribution in [1.29, 1.82) is 0 Å². The summed E-state index contributed by atoms with van der Waals surface area (Å²) in [6.45, 7) is 1.26. The molecular formula is C19H16BrF3N4O3S. The first kappa shape index (κ1) is 22.9. The van der Waals surface area contributed by atoms with Gasteiger partial charge in [0.15, 0.2) is 5.11 Å². The molecule has 1 aliphatic heterocycles. The molecule has 0 atom stereocenters. The third kappa shape index (κ3) is 5.31. The number of alkyl halides is 3. The summed E-state index contributed by atoms with van der Waals surface area (Å²) in [7, 11) is 0. The number of piperazine rings is 1. The second-order valence-corrected chi connectivity index (χ2v) is 7.91. The van der Waals surface area contributed by atoms with E-state index in [4.69, 9.17) is 12.2 Å². The number of nitrogens with one attached hydrogen (secondary N) is 1. The molecule has 2 aromatic rings. The minimum absolute atomic E-state index is 0.112. The standard InChI is InChI=1S/C19H16BrF3N4O3S/c20-14-4-2-1-3-13(14)17(28)24-18(31)26-9-7-25(8-10-26)15-6-5-12(19(21,22)23)11-16(15)27(29)30/h1-6,11H,7-10H2,(H,24,28,31). The number of carbonyl (C=O) groups excluding carboxylic acids is 1. The maximum Gasteiger partial charge on any atom is 0.416 e. The molecular weight excluding hydrogens is 501 g/mol. The lowest BCUT2D eigenvalue weighted by Crippen LogP contribution is -2.52. The topological polar surface area (TPSA) is 78.7 Å². The van der Waals surface area contributed by atoms with Crippen LogP contribution in [0.2, 0.25) is 0 Å². The molecule has 12 heteroatoms. The van der Waals surface area contributed by atoms with Gasteiger partial charge in [-0.05, 0) is 52.4 Å². The molecule has 7 nitrogen and oxygen atoms in total. The van der Waals surface area contributed by atoms with E-state index in [1.165, 1.54) is 0 Å². The van der Waals surface area contributed by atoms with Gasteiger partial charge in [-0.2, -0.15) is 13.2 Å². The number of halogens is 4. The van der Waals surface area contributed by atoms with Gasteiger partial charge in [-0.25, -0.2) is 0 Å². The zero-order valence-electron chi connectivity index (χ0n) is 15.9. The normalized spacial score (nSPS) is 14.3. The first-order chi connectivity index (χ1) is 14.6. The summed E-state index contributed by atoms with van der Waals surface area (Å²) in [5.41, 5.74) is -1.14. The van der Waals surface area contributed by atoms with Gasteiger partial charge in [-0.1, -0.05) is 12.1 Å². The molecule has 1 saturated heterocycles. The van der Waals surface area contributed by atoms with Crippen molar-refractivity contribution in [3.63, 3.8) is 0 Å². The number of amides is 1. The molecule has 0 aliphatic carbocycles. The Labute approximate surface area is 189 Å². The van der Waals surface area contributed by atoms with Crippen LogP contribution in [-0.2, 0) is 6.18 Å². The summed E-state index contributed by atoms with van der Waals surface area (Å²) in [6.07, 6.45) is -4.67. The third-order valence-corrected chi connectivity index (χ3v) is 5.80. The number of nitro benzene ring substituents is 1. The number of anilines is 1. The van der Waals surface area contributed by atoms with Crippen LogP contribution in [0, 0.1) is 10.1 Å². The van der Waals surface area contributed by atoms with Crippen molar-refractivity contribution in [2.45, 2.75) is 6.18 Å². The lowest BCUT2D eigenvalue weighted by atomic mass is 10.1. The maximum absolute atomic E-state index is 12.9. The number of nitro groups is 1. The average Bonchev–Trinajstić information content (AvgIpc) is 2.73. The first-order valence-corrected chi connectivity index (χ1v) is 10.2. The zero-order valence-corrected chi connectivity index (χ0v) is 18.3. The van der Waals surface area contributed by atoms with Crippen LogP contribution in [0.4, 0.5) is 24.5 Å². The van der Waals surface area contributed by atoms with E-state index in [9.17, 15) is 28.1 Å². The number of rotatable bonds is 3. The van der Waals surface area contributed by atoms with Crippen molar-refractivity contribution in [1.82, 2.24) is 10.2 Å². The highest BCUT2D eigenvalue weighted by molar-refractivity contribution is 9.10. The van der Waals surface area contributed by atoms with Gasteiger partial charge in [-0.15, -0.1) is 0 Å². The minimum atomic E-state index is -4.67. The van der Waals surface area contributed by atoms with Crippen LogP contribution in [0.25, 0.3) is 0 Å². The number of hydrogen-bond donors (Lipinski definition) is 1. The van der Waals surface area contributed by atoms with E-state index in [0.717, 1.165) is 12.1 Å². The van der Waals surface area contributed by atoms with E-state index in [0.29, 0.717) is 29.2 Å². The number of thiocarbonyl (C=S) groups is 1. The van der Waals surface area contributed by atoms with Gasteiger partial charge < -0.3 is 9.80 Å². The van der Waals surface area contributed by atoms with Gasteiger partial charge >= 0.3 is 6.18 Å². The Morgan fingerprint density at radius 2 is 1.77 bits per heavy atom. The van der Waals surface area contributed by atoms with Crippen LogP contribution in [0.1, 0.15) is 15.9 Å². The lowest BCUT2D eigenvalue weighted by Gasteiger charge is -2.37. The highest BCUT2D eigenvalue weighted by atomic mass is 79.9. The second kappa shape index (κ2) is 9.18. The fourth-order valence-corrected chi connectivity index (χ4v) is 3.89. The van der Waals surface area contributed by atoms with Gasteiger partial charge in [0.2, 0.25) is 0 Å². The Morgan fingerprint density at radius 1 is 1.13 bits per heavy atom. The van der Waals surface area contributed by atoms with Crippen LogP contribution < -0.4 is 10.2 Å². The molecule has 0 radical (unpaired) electrons. The highest BCUT2D eigenvalue weighted by Crippen LogP contribution is 2.36. The maximum atomic E-state index is 12.9. The van der Waals surface area contributed by atoms with E-state index in [1.807, 2.05) is 0 Å². The molecule has 1 amide bonds. The summed E-state index contributed by atoms with van der Waals surface area (Å²) in [5, 5.41) is 14.2. The molecule has 0 aromatic heterocycles. The van der Waals surface area contributed by atoms with Crippen molar-refractivity contribution in [3.05, 3.63) is 68.2 Å². The fraction of sp³-hybridized carbons (Fsp3) is 0.263. The summed E-state index contributed by atoms with van der Waals surface area (Å²) in [6, 6.07) is 9.36. The predicted molar refractivity (Wildman–Crippen MR) is 116 cm³/mol. The molecule has 1 heterocycles. The Balaban J connectivity index is 1.67. The van der Waals surface area contributed by atoms with Crippen LogP contribution in [0.5, 0.6) is 0 Å². The Hall–Kier alpha value is -2.73. The molecule has 0 unspecified atom stereocenters. The first-order valence-electron chi connectivity index (χ1n) is 9.03. The highest BCUT2D eigenvalue weighted by Gasteiger charge is 2.34. The van der Waals surface area contributed by atoms with Gasteiger partial charge in [0, 0.05) is 36.7 Å². The fourth-order valence-electron chi connectivity index (χ4n) is 3.15. The Kier molecular flexibility index (Phi) is 6.80. The lowest BCUT2D eigenvalue weighted by molar-refractivity contribution is -0.384. The van der Waals surface area contributed by atoms with Crippen molar-refractivity contribution in [2.24, 2.45) is 0 Å². The molecule has 1 fully saturated rings. The Morgan fingerprint density at radius 3 is 2.35 bits per heavy atom. The summed E-state index contributed by atoms with van der Waals surface area (Å²) in [5.74, 6) is -0.377. The second-order valence-electron chi connectivity index (χ2n) is 6.67. The smallest absolute Gasteiger partial charge is 0.362 e. The van der Waals surface area contributed by atoms with Crippen molar-refractivity contribution in [3.8, 4) is 0 Å². The van der Waals surface area contributed by atoms with Gasteiger partial charge in [0.25, 0.3) is 11.6 Å². The molecule has 0 bridgehead atoms. The van der Waals surface area contributed by atoms with Crippen LogP contribution in [0.15, 0.2) is 46.9 Å². The Bertz CT molecular complexity index is 1030. The molecule has 1 N–H and O–H groups in total. The molecule has 3 rings (SSSR count). The monoisotopic (exact) mass is 516 g/mol. The molecule has 2 aromatic carbocycles. The van der Waals surface area contributed by atoms with E-state index >= 15 is 0 Å². The molecule has 1 aliphatic rings. The third-order valence-electron chi connectivity index (χ3n) is 4.75. The quantitative estimate of drug-likeness (QED) is 0.374. The number of carbonyl (C=O) groups is 1. The zero-order chi connectivity index (χ0) is 22.8. The molecule has 0 spiro atoms. The van der Waals surface area contributed by atoms with E-state index in [2.05, 4.69) is 21.2 Å². The van der Waals surface area contributed by atoms with Crippen LogP contribution in [-0.4, -0.2) is 47.0 Å². The number of hydrogen-bond acceptors (Lipinski definition) is 5. The van der Waals surface area contributed by atoms with Crippen LogP contribution >= 0.6 is 28.1 Å². The van der Waals surface area contributed by atoms with Gasteiger partial charge in [0.1, 0.15) is 5.69 Å². The number of benzene rings is 2. The number of nitrogens with zero attached hydrogens (tertiary/aromatic N) is 3. The largest absolute Gasteiger partial charge is 0.416 e. The van der Waals surface area contributed by atoms with E-state index in [-0.39, 0.29) is 29.8 Å². The van der Waals surface area contributed by atoms with Crippen LogP contribution in [0.3, 0.4) is 0 Å². The molecule has 164 valence electrons. The molecule has 31 heavy (non-hydrogen) atoms. The van der Waals surface area contributed by atoms with E-state index < -0.39 is 22.4 Å². The van der Waals surface area contributed by atoms with E-state index in [1.54, 1.807) is 34.1 Å². The van der Waals surface area contributed by atoms with Gasteiger partial charge in [0.05, 0.1) is 16.1 Å². The van der Waals surface area contributed by atoms with Crippen molar-refractivity contribution < 1.29 is 22.9 Å². The van der Waals surface area contributed by atoms with Gasteiger partial charge in [-0.3, -0.25) is 20.2 Å². The SMILES string of the molecule is O=C(NC(=S)N1CCN(c2ccc(C(F)(F)F)cc2[N+](=O)[O-])CC1)c1ccccc1Br. The minimum Gasteiger partial charge on any atom is -0.362 e. The summed E-state index contributed by atoms with van der Waals surface area (Å²) < 4.78 is 39.3.